The lowest BCUT2D eigenvalue weighted by molar-refractivity contribution is -0.127. The second-order valence-electron chi connectivity index (χ2n) is 6.78. The molecule has 0 aliphatic carbocycles. The molecule has 1 aliphatic heterocycles. The third-order valence-corrected chi connectivity index (χ3v) is 4.75. The molecule has 0 unspecified atom stereocenters. The number of benzene rings is 1. The van der Waals surface area contributed by atoms with Crippen molar-refractivity contribution < 1.29 is 18.7 Å². The Kier molecular flexibility index (Phi) is 7.07. The molecule has 154 valence electrons. The highest BCUT2D eigenvalue weighted by molar-refractivity contribution is 5.92. The number of rotatable bonds is 7. The lowest BCUT2D eigenvalue weighted by Gasteiger charge is -2.31. The van der Waals surface area contributed by atoms with Gasteiger partial charge in [0, 0.05) is 32.8 Å². The van der Waals surface area contributed by atoms with Crippen LogP contribution in [-0.4, -0.2) is 65.1 Å². The summed E-state index contributed by atoms with van der Waals surface area (Å²) in [6.07, 6.45) is 6.14. The van der Waals surface area contributed by atoms with Crippen molar-refractivity contribution in [3.8, 4) is 0 Å². The molecule has 2 amide bonds. The van der Waals surface area contributed by atoms with Crippen LogP contribution in [0.4, 0.5) is 4.39 Å². The van der Waals surface area contributed by atoms with E-state index in [1.165, 1.54) is 18.2 Å². The predicted octanol–water partition coefficient (Wildman–Crippen LogP) is 1.67. The van der Waals surface area contributed by atoms with E-state index in [4.69, 9.17) is 4.74 Å². The minimum absolute atomic E-state index is 0.0827. The molecular weight excluding hydrogens is 377 g/mol. The van der Waals surface area contributed by atoms with E-state index in [-0.39, 0.29) is 29.4 Å². The molecule has 2 heterocycles. The highest BCUT2D eigenvalue weighted by atomic mass is 19.1. The quantitative estimate of drug-likeness (QED) is 0.563. The molecule has 2 aromatic rings. The summed E-state index contributed by atoms with van der Waals surface area (Å²) >= 11 is 0. The van der Waals surface area contributed by atoms with Crippen molar-refractivity contribution in [2.24, 2.45) is 0 Å². The molecule has 3 rings (SSSR count). The molecule has 0 spiro atoms. The molecule has 0 radical (unpaired) electrons. The molecule has 1 aliphatic rings. The van der Waals surface area contributed by atoms with Crippen LogP contribution in [0, 0.1) is 5.82 Å². The molecule has 0 saturated carbocycles. The van der Waals surface area contributed by atoms with Gasteiger partial charge in [-0.15, -0.1) is 5.10 Å². The van der Waals surface area contributed by atoms with Crippen molar-refractivity contribution in [3.05, 3.63) is 53.6 Å². The van der Waals surface area contributed by atoms with Gasteiger partial charge >= 0.3 is 0 Å². The van der Waals surface area contributed by atoms with Crippen molar-refractivity contribution in [1.82, 2.24) is 25.2 Å². The van der Waals surface area contributed by atoms with E-state index in [1.807, 2.05) is 0 Å². The number of ether oxygens (including phenoxy) is 1. The van der Waals surface area contributed by atoms with Crippen molar-refractivity contribution in [2.45, 2.75) is 18.9 Å². The van der Waals surface area contributed by atoms with Gasteiger partial charge in [0.1, 0.15) is 5.82 Å². The van der Waals surface area contributed by atoms with E-state index in [2.05, 4.69) is 15.6 Å². The zero-order valence-electron chi connectivity index (χ0n) is 16.3. The summed E-state index contributed by atoms with van der Waals surface area (Å²) in [7, 11) is 1.57. The summed E-state index contributed by atoms with van der Waals surface area (Å²) in [5.74, 6) is -0.729. The van der Waals surface area contributed by atoms with Gasteiger partial charge in [0.15, 0.2) is 5.69 Å². The fourth-order valence-electron chi connectivity index (χ4n) is 3.15. The number of nitrogens with zero attached hydrogens (tertiary/aromatic N) is 4. The number of piperidine rings is 1. The van der Waals surface area contributed by atoms with E-state index in [0.29, 0.717) is 44.6 Å². The van der Waals surface area contributed by atoms with Gasteiger partial charge in [-0.2, -0.15) is 0 Å². The largest absolute Gasteiger partial charge is 0.383 e. The topological polar surface area (TPSA) is 89.4 Å². The number of likely N-dealkylation sites (tertiary alicyclic amines) is 1. The Hall–Kier alpha value is -3.07. The molecule has 1 N–H and O–H groups in total. The number of carbonyl (C=O) groups excluding carboxylic acids is 2. The first kappa shape index (κ1) is 20.7. The van der Waals surface area contributed by atoms with Crippen molar-refractivity contribution in [1.29, 1.82) is 0 Å². The van der Waals surface area contributed by atoms with Crippen molar-refractivity contribution in [2.75, 3.05) is 33.4 Å². The maximum atomic E-state index is 13.2. The third-order valence-electron chi connectivity index (χ3n) is 4.75. The molecule has 29 heavy (non-hydrogen) atoms. The number of aromatic nitrogens is 3. The maximum absolute atomic E-state index is 13.2. The molecule has 1 saturated heterocycles. The summed E-state index contributed by atoms with van der Waals surface area (Å²) in [4.78, 5) is 26.1. The smallest absolute Gasteiger partial charge is 0.273 e. The summed E-state index contributed by atoms with van der Waals surface area (Å²) in [5.41, 5.74) is 0.907. The number of hydrogen-bond acceptors (Lipinski definition) is 5. The Labute approximate surface area is 168 Å². The van der Waals surface area contributed by atoms with Crippen molar-refractivity contribution >= 4 is 17.9 Å². The van der Waals surface area contributed by atoms with Gasteiger partial charge in [-0.05, 0) is 36.6 Å². The van der Waals surface area contributed by atoms with E-state index in [0.717, 1.165) is 0 Å². The second-order valence-corrected chi connectivity index (χ2v) is 6.78. The fourth-order valence-corrected chi connectivity index (χ4v) is 3.15. The van der Waals surface area contributed by atoms with Crippen LogP contribution in [0.15, 0.2) is 36.5 Å². The van der Waals surface area contributed by atoms with Gasteiger partial charge in [0.2, 0.25) is 5.91 Å². The van der Waals surface area contributed by atoms with Crippen LogP contribution >= 0.6 is 0 Å². The van der Waals surface area contributed by atoms with E-state index in [1.54, 1.807) is 41.1 Å². The summed E-state index contributed by atoms with van der Waals surface area (Å²) < 4.78 is 19.8. The van der Waals surface area contributed by atoms with Crippen LogP contribution in [0.2, 0.25) is 0 Å². The Bertz CT molecular complexity index is 875. The summed E-state index contributed by atoms with van der Waals surface area (Å²) in [5, 5.41) is 10.7. The first-order valence-corrected chi connectivity index (χ1v) is 9.48. The molecular formula is C20H24FN5O3. The van der Waals surface area contributed by atoms with Gasteiger partial charge in [-0.25, -0.2) is 9.07 Å². The molecule has 8 nitrogen and oxygen atoms in total. The summed E-state index contributed by atoms with van der Waals surface area (Å²) in [6.45, 7) is 1.99. The van der Waals surface area contributed by atoms with E-state index < -0.39 is 0 Å². The van der Waals surface area contributed by atoms with Gasteiger partial charge in [-0.1, -0.05) is 17.3 Å². The molecule has 0 atom stereocenters. The van der Waals surface area contributed by atoms with E-state index in [9.17, 15) is 14.0 Å². The highest BCUT2D eigenvalue weighted by Crippen LogP contribution is 2.22. The molecule has 0 bridgehead atoms. The Morgan fingerprint density at radius 2 is 2.14 bits per heavy atom. The number of carbonyl (C=O) groups is 2. The zero-order valence-corrected chi connectivity index (χ0v) is 16.3. The standard InChI is InChI=1S/C20H24FN5O3/c1-29-12-9-22-20(28)18-14-26(24-23-18)17-7-10-25(11-8-17)19(27)6-5-15-3-2-4-16(21)13-15/h2-6,13-14,17H,7-12H2,1H3,(H,22,28). The monoisotopic (exact) mass is 401 g/mol. The molecule has 1 aromatic heterocycles. The lowest BCUT2D eigenvalue weighted by atomic mass is 10.1. The fraction of sp³-hybridized carbons (Fsp3) is 0.400. The summed E-state index contributed by atoms with van der Waals surface area (Å²) in [6, 6.07) is 6.17. The number of amides is 2. The molecule has 1 fully saturated rings. The van der Waals surface area contributed by atoms with Crippen LogP contribution in [0.1, 0.15) is 34.9 Å². The van der Waals surface area contributed by atoms with Crippen molar-refractivity contribution in [3.63, 3.8) is 0 Å². The van der Waals surface area contributed by atoms with Gasteiger partial charge in [-0.3, -0.25) is 9.59 Å². The minimum atomic E-state index is -0.333. The van der Waals surface area contributed by atoms with Crippen LogP contribution in [0.5, 0.6) is 0 Å². The zero-order chi connectivity index (χ0) is 20.6. The number of halogens is 1. The first-order chi connectivity index (χ1) is 14.1. The minimum Gasteiger partial charge on any atom is -0.383 e. The first-order valence-electron chi connectivity index (χ1n) is 9.48. The average molecular weight is 401 g/mol. The Morgan fingerprint density at radius 3 is 2.86 bits per heavy atom. The normalized spacial score (nSPS) is 15.0. The van der Waals surface area contributed by atoms with Crippen LogP contribution in [0.3, 0.4) is 0 Å². The third kappa shape index (κ3) is 5.71. The maximum Gasteiger partial charge on any atom is 0.273 e. The van der Waals surface area contributed by atoms with Gasteiger partial charge < -0.3 is 15.0 Å². The van der Waals surface area contributed by atoms with Crippen LogP contribution in [0.25, 0.3) is 6.08 Å². The Balaban J connectivity index is 1.50. The van der Waals surface area contributed by atoms with Crippen LogP contribution in [-0.2, 0) is 9.53 Å². The van der Waals surface area contributed by atoms with Gasteiger partial charge in [0.05, 0.1) is 18.8 Å². The van der Waals surface area contributed by atoms with E-state index >= 15 is 0 Å². The number of methoxy groups -OCH3 is 1. The lowest BCUT2D eigenvalue weighted by Crippen LogP contribution is -2.38. The molecule has 9 heteroatoms. The number of nitrogens with one attached hydrogen (secondary N) is 1. The van der Waals surface area contributed by atoms with Gasteiger partial charge in [0.25, 0.3) is 5.91 Å². The number of hydrogen-bond donors (Lipinski definition) is 1. The second kappa shape index (κ2) is 9.92. The highest BCUT2D eigenvalue weighted by Gasteiger charge is 2.24. The molecule has 1 aromatic carbocycles. The van der Waals surface area contributed by atoms with Crippen LogP contribution < -0.4 is 5.32 Å². The predicted molar refractivity (Wildman–Crippen MR) is 105 cm³/mol. The average Bonchev–Trinajstić information content (AvgIpc) is 3.23. The Morgan fingerprint density at radius 1 is 1.34 bits per heavy atom. The SMILES string of the molecule is COCCNC(=O)c1cn(C2CCN(C(=O)C=Cc3cccc(F)c3)CC2)nn1.